The van der Waals surface area contributed by atoms with Gasteiger partial charge in [0.05, 0.1) is 0 Å². The first-order valence-corrected chi connectivity index (χ1v) is 12.6. The van der Waals surface area contributed by atoms with Gasteiger partial charge in [-0.1, -0.05) is 61.4 Å². The molecule has 2 aromatic rings. The Balaban J connectivity index is 1.14. The molecular weight excluding hydrogens is 444 g/mol. The number of nitrogens with one attached hydrogen (secondary N) is 2. The quantitative estimate of drug-likeness (QED) is 0.474. The number of ether oxygens (including phenoxy) is 1. The summed E-state index contributed by atoms with van der Waals surface area (Å²) < 4.78 is 5.65. The highest BCUT2D eigenvalue weighted by molar-refractivity contribution is 5.85. The second-order valence-corrected chi connectivity index (χ2v) is 10.2. The number of carbonyl (C=O) groups excluding carboxylic acids is 2. The lowest BCUT2D eigenvalue weighted by molar-refractivity contribution is -0.139. The summed E-state index contributed by atoms with van der Waals surface area (Å²) in [5, 5.41) is 14.7. The van der Waals surface area contributed by atoms with Crippen LogP contribution >= 0.6 is 0 Å². The molecule has 184 valence electrons. The molecule has 3 N–H and O–H groups in total. The Labute approximate surface area is 205 Å². The molecule has 3 aliphatic rings. The van der Waals surface area contributed by atoms with Gasteiger partial charge in [-0.2, -0.15) is 0 Å². The third kappa shape index (κ3) is 5.50. The number of rotatable bonds is 10. The van der Waals surface area contributed by atoms with Crippen molar-refractivity contribution in [3.63, 3.8) is 0 Å². The third-order valence-electron chi connectivity index (χ3n) is 7.58. The molecule has 2 aromatic carbocycles. The van der Waals surface area contributed by atoms with Gasteiger partial charge in [0, 0.05) is 18.9 Å². The van der Waals surface area contributed by atoms with E-state index in [9.17, 15) is 14.4 Å². The van der Waals surface area contributed by atoms with Gasteiger partial charge in [0.25, 0.3) is 0 Å². The molecule has 2 amide bonds. The lowest BCUT2D eigenvalue weighted by atomic mass is 9.73. The van der Waals surface area contributed by atoms with Crippen LogP contribution in [0.4, 0.5) is 4.79 Å². The number of alkyl carbamates (subject to hydrolysis) is 1. The van der Waals surface area contributed by atoms with Crippen molar-refractivity contribution >= 4 is 18.0 Å². The molecule has 0 unspecified atom stereocenters. The van der Waals surface area contributed by atoms with Gasteiger partial charge in [-0.3, -0.25) is 9.59 Å². The Morgan fingerprint density at radius 2 is 1.54 bits per heavy atom. The Morgan fingerprint density at radius 3 is 2.14 bits per heavy atom. The van der Waals surface area contributed by atoms with Crippen LogP contribution in [0.2, 0.25) is 0 Å². The van der Waals surface area contributed by atoms with Crippen molar-refractivity contribution in [2.45, 2.75) is 50.5 Å². The van der Waals surface area contributed by atoms with Crippen molar-refractivity contribution in [1.29, 1.82) is 0 Å². The number of benzene rings is 2. The Bertz CT molecular complexity index is 1060. The van der Waals surface area contributed by atoms with Gasteiger partial charge < -0.3 is 20.5 Å². The molecule has 7 heteroatoms. The summed E-state index contributed by atoms with van der Waals surface area (Å²) in [5.41, 5.74) is 4.64. The summed E-state index contributed by atoms with van der Waals surface area (Å²) in [7, 11) is 0. The van der Waals surface area contributed by atoms with Crippen molar-refractivity contribution in [1.82, 2.24) is 10.6 Å². The van der Waals surface area contributed by atoms with Gasteiger partial charge in [-0.05, 0) is 59.3 Å². The van der Waals surface area contributed by atoms with Crippen LogP contribution in [-0.2, 0) is 14.3 Å². The van der Waals surface area contributed by atoms with Crippen molar-refractivity contribution in [2.75, 3.05) is 13.2 Å². The Kier molecular flexibility index (Phi) is 6.75. The summed E-state index contributed by atoms with van der Waals surface area (Å²) in [6, 6.07) is 15.8. The highest BCUT2D eigenvalue weighted by atomic mass is 16.5. The minimum Gasteiger partial charge on any atom is -0.481 e. The summed E-state index contributed by atoms with van der Waals surface area (Å²) >= 11 is 0. The van der Waals surface area contributed by atoms with Crippen LogP contribution in [-0.4, -0.2) is 42.3 Å². The van der Waals surface area contributed by atoms with E-state index in [2.05, 4.69) is 34.9 Å². The van der Waals surface area contributed by atoms with Crippen molar-refractivity contribution in [2.24, 2.45) is 17.8 Å². The zero-order valence-corrected chi connectivity index (χ0v) is 19.7. The van der Waals surface area contributed by atoms with E-state index >= 15 is 0 Å². The van der Waals surface area contributed by atoms with Gasteiger partial charge in [0.1, 0.15) is 12.6 Å². The van der Waals surface area contributed by atoms with Gasteiger partial charge in [-0.15, -0.1) is 0 Å². The summed E-state index contributed by atoms with van der Waals surface area (Å²) in [5.74, 6) is -0.0131. The number of carboxylic acids is 1. The van der Waals surface area contributed by atoms with E-state index < -0.39 is 18.1 Å². The molecule has 0 aliphatic heterocycles. The van der Waals surface area contributed by atoms with Crippen molar-refractivity contribution in [3.05, 3.63) is 59.7 Å². The molecule has 0 heterocycles. The highest BCUT2D eigenvalue weighted by Gasteiger charge is 2.34. The largest absolute Gasteiger partial charge is 0.481 e. The predicted octanol–water partition coefficient (Wildman–Crippen LogP) is 4.31. The maximum atomic E-state index is 12.9. The molecule has 0 aromatic heterocycles. The molecule has 0 spiro atoms. The topological polar surface area (TPSA) is 105 Å². The first-order valence-electron chi connectivity index (χ1n) is 12.6. The van der Waals surface area contributed by atoms with E-state index in [1.54, 1.807) is 0 Å². The fourth-order valence-electron chi connectivity index (χ4n) is 5.52. The molecular formula is C28H32N2O5. The zero-order chi connectivity index (χ0) is 24.4. The molecule has 1 atom stereocenters. The summed E-state index contributed by atoms with van der Waals surface area (Å²) in [6.07, 6.45) is 4.03. The first kappa shape index (κ1) is 23.4. The van der Waals surface area contributed by atoms with E-state index in [4.69, 9.17) is 9.84 Å². The van der Waals surface area contributed by atoms with Crippen LogP contribution in [0.3, 0.4) is 0 Å². The second-order valence-electron chi connectivity index (χ2n) is 10.2. The van der Waals surface area contributed by atoms with Gasteiger partial charge in [0.2, 0.25) is 5.91 Å². The van der Waals surface area contributed by atoms with Crippen molar-refractivity contribution in [3.8, 4) is 11.1 Å². The number of aliphatic carboxylic acids is 1. The zero-order valence-electron chi connectivity index (χ0n) is 19.7. The van der Waals surface area contributed by atoms with Crippen LogP contribution in [0.1, 0.15) is 55.6 Å². The lowest BCUT2D eigenvalue weighted by Gasteiger charge is -2.34. The van der Waals surface area contributed by atoms with Crippen molar-refractivity contribution < 1.29 is 24.2 Å². The first-order chi connectivity index (χ1) is 17.0. The van der Waals surface area contributed by atoms with Crippen LogP contribution in [0, 0.1) is 17.8 Å². The number of fused-ring (bicyclic) bond motifs is 3. The summed E-state index contributed by atoms with van der Waals surface area (Å²) in [4.78, 5) is 36.4. The smallest absolute Gasteiger partial charge is 0.407 e. The number of carboxylic acid groups (broad SMARTS) is 1. The van der Waals surface area contributed by atoms with Gasteiger partial charge >= 0.3 is 12.1 Å². The third-order valence-corrected chi connectivity index (χ3v) is 7.58. The number of carbonyl (C=O) groups is 3. The molecule has 0 radical (unpaired) electrons. The molecule has 0 saturated heterocycles. The SMILES string of the molecule is O=C(O)CC1CC(CNC(=O)[C@H](CC2CC2)NC(=O)OCC2c3ccccc3-c3ccccc32)C1. The predicted molar refractivity (Wildman–Crippen MR) is 131 cm³/mol. The van der Waals surface area contributed by atoms with Crippen LogP contribution in [0.25, 0.3) is 11.1 Å². The summed E-state index contributed by atoms with van der Waals surface area (Å²) in [6.45, 7) is 0.729. The molecule has 0 bridgehead atoms. The second kappa shape index (κ2) is 10.1. The average molecular weight is 477 g/mol. The molecule has 2 fully saturated rings. The molecule has 35 heavy (non-hydrogen) atoms. The van der Waals surface area contributed by atoms with E-state index in [1.807, 2.05) is 24.3 Å². The van der Waals surface area contributed by atoms with Crippen LogP contribution in [0.5, 0.6) is 0 Å². The van der Waals surface area contributed by atoms with E-state index in [0.717, 1.165) is 36.8 Å². The highest BCUT2D eigenvalue weighted by Crippen LogP contribution is 2.44. The minimum absolute atomic E-state index is 0.0266. The monoisotopic (exact) mass is 476 g/mol. The average Bonchev–Trinajstić information content (AvgIpc) is 3.58. The van der Waals surface area contributed by atoms with Gasteiger partial charge in [-0.25, -0.2) is 4.79 Å². The van der Waals surface area contributed by atoms with E-state index in [1.165, 1.54) is 11.1 Å². The lowest BCUT2D eigenvalue weighted by Crippen LogP contribution is -2.49. The fourth-order valence-corrected chi connectivity index (χ4v) is 5.52. The number of hydrogen-bond donors (Lipinski definition) is 3. The minimum atomic E-state index is -0.769. The van der Waals surface area contributed by atoms with Gasteiger partial charge in [0.15, 0.2) is 0 Å². The number of amides is 2. The number of hydrogen-bond acceptors (Lipinski definition) is 4. The molecule has 3 aliphatic carbocycles. The Morgan fingerprint density at radius 1 is 0.914 bits per heavy atom. The fraction of sp³-hybridized carbons (Fsp3) is 0.464. The Hall–Kier alpha value is -3.35. The normalized spacial score (nSPS) is 21.3. The van der Waals surface area contributed by atoms with Crippen LogP contribution in [0.15, 0.2) is 48.5 Å². The standard InChI is InChI=1S/C28H32N2O5/c31-26(32)14-18-11-19(12-18)15-29-27(33)25(13-17-9-10-17)30-28(34)35-16-24-22-7-3-1-5-20(22)21-6-2-4-8-23(21)24/h1-8,17-19,24-25H,9-16H2,(H,29,33)(H,30,34)(H,31,32)/t18?,19?,25-/m0/s1. The molecule has 2 saturated carbocycles. The molecule has 5 rings (SSSR count). The van der Waals surface area contributed by atoms with E-state index in [-0.39, 0.29) is 30.8 Å². The van der Waals surface area contributed by atoms with E-state index in [0.29, 0.717) is 24.8 Å². The maximum Gasteiger partial charge on any atom is 0.407 e. The maximum absolute atomic E-state index is 12.9. The van der Waals surface area contributed by atoms with Crippen LogP contribution < -0.4 is 10.6 Å². The molecule has 7 nitrogen and oxygen atoms in total.